The van der Waals surface area contributed by atoms with Gasteiger partial charge in [0.15, 0.2) is 0 Å². The van der Waals surface area contributed by atoms with Gasteiger partial charge in [-0.1, -0.05) is 18.2 Å². The predicted molar refractivity (Wildman–Crippen MR) is 50.2 cm³/mol. The molecule has 0 aliphatic rings. The Bertz CT molecular complexity index is 119. The first-order chi connectivity index (χ1) is 5.31. The van der Waals surface area contributed by atoms with Crippen LogP contribution >= 0.6 is 0 Å². The summed E-state index contributed by atoms with van der Waals surface area (Å²) in [6, 6.07) is 0.166. The van der Waals surface area contributed by atoms with Crippen molar-refractivity contribution in [2.24, 2.45) is 11.5 Å². The van der Waals surface area contributed by atoms with E-state index >= 15 is 0 Å². The smallest absolute Gasteiger partial charge is 0.0226 e. The van der Waals surface area contributed by atoms with E-state index in [1.807, 2.05) is 18.2 Å². The summed E-state index contributed by atoms with van der Waals surface area (Å²) in [6.07, 6.45) is 8.81. The van der Waals surface area contributed by atoms with Crippen molar-refractivity contribution in [3.8, 4) is 0 Å². The normalized spacial score (nSPS) is 13.6. The molecule has 2 nitrogen and oxygen atoms in total. The first-order valence-corrected chi connectivity index (χ1v) is 4.04. The van der Waals surface area contributed by atoms with Crippen LogP contribution in [0.15, 0.2) is 24.8 Å². The summed E-state index contributed by atoms with van der Waals surface area (Å²) in [4.78, 5) is 0. The fourth-order valence-electron chi connectivity index (χ4n) is 0.774. The number of allylic oxidation sites excluding steroid dienone is 1. The van der Waals surface area contributed by atoms with Crippen molar-refractivity contribution >= 4 is 0 Å². The minimum Gasteiger partial charge on any atom is -0.330 e. The standard InChI is InChI=1S/C9H18N2/c1-2-3-6-9(11)7-4-5-8-10/h2,4,7,9H,1,3,5-6,8,10-11H2. The Labute approximate surface area is 69.0 Å². The quantitative estimate of drug-likeness (QED) is 0.564. The highest BCUT2D eigenvalue weighted by Crippen LogP contribution is 1.96. The topological polar surface area (TPSA) is 52.0 Å². The van der Waals surface area contributed by atoms with E-state index in [1.165, 1.54) is 0 Å². The molecular formula is C9H18N2. The molecular weight excluding hydrogens is 136 g/mol. The highest BCUT2D eigenvalue weighted by molar-refractivity contribution is 4.92. The van der Waals surface area contributed by atoms with Crippen molar-refractivity contribution in [3.63, 3.8) is 0 Å². The van der Waals surface area contributed by atoms with Gasteiger partial charge in [0, 0.05) is 6.04 Å². The van der Waals surface area contributed by atoms with Gasteiger partial charge in [-0.05, 0) is 25.8 Å². The maximum atomic E-state index is 5.73. The van der Waals surface area contributed by atoms with Crippen molar-refractivity contribution < 1.29 is 0 Å². The maximum absolute atomic E-state index is 5.73. The summed E-state index contributed by atoms with van der Waals surface area (Å²) < 4.78 is 0. The molecule has 1 atom stereocenters. The van der Waals surface area contributed by atoms with Crippen molar-refractivity contribution in [2.75, 3.05) is 6.54 Å². The third kappa shape index (κ3) is 7.30. The van der Waals surface area contributed by atoms with Gasteiger partial charge in [0.2, 0.25) is 0 Å². The van der Waals surface area contributed by atoms with Gasteiger partial charge in [0.1, 0.15) is 0 Å². The van der Waals surface area contributed by atoms with E-state index in [2.05, 4.69) is 6.58 Å². The zero-order valence-corrected chi connectivity index (χ0v) is 7.00. The number of hydrogen-bond acceptors (Lipinski definition) is 2. The minimum absolute atomic E-state index is 0.166. The fourth-order valence-corrected chi connectivity index (χ4v) is 0.774. The summed E-state index contributed by atoms with van der Waals surface area (Å²) in [7, 11) is 0. The third-order valence-corrected chi connectivity index (χ3v) is 1.42. The third-order valence-electron chi connectivity index (χ3n) is 1.42. The number of rotatable bonds is 6. The molecule has 2 heteroatoms. The molecule has 0 rings (SSSR count). The van der Waals surface area contributed by atoms with Crippen molar-refractivity contribution in [1.29, 1.82) is 0 Å². The van der Waals surface area contributed by atoms with E-state index in [0.29, 0.717) is 6.54 Å². The average Bonchev–Trinajstić information content (AvgIpc) is 2.01. The molecule has 0 saturated heterocycles. The molecule has 0 aromatic rings. The van der Waals surface area contributed by atoms with Crippen LogP contribution in [0.5, 0.6) is 0 Å². The minimum atomic E-state index is 0.166. The zero-order chi connectivity index (χ0) is 8.53. The number of nitrogens with two attached hydrogens (primary N) is 2. The van der Waals surface area contributed by atoms with Gasteiger partial charge in [0.05, 0.1) is 0 Å². The molecule has 0 saturated carbocycles. The van der Waals surface area contributed by atoms with Gasteiger partial charge >= 0.3 is 0 Å². The molecule has 64 valence electrons. The van der Waals surface area contributed by atoms with Gasteiger partial charge in [-0.25, -0.2) is 0 Å². The van der Waals surface area contributed by atoms with Crippen LogP contribution in [0, 0.1) is 0 Å². The summed E-state index contributed by atoms with van der Waals surface area (Å²) in [5.41, 5.74) is 11.0. The molecule has 0 aromatic carbocycles. The van der Waals surface area contributed by atoms with Crippen molar-refractivity contribution in [2.45, 2.75) is 25.3 Å². The van der Waals surface area contributed by atoms with Crippen LogP contribution in [0.4, 0.5) is 0 Å². The van der Waals surface area contributed by atoms with Gasteiger partial charge < -0.3 is 11.5 Å². The van der Waals surface area contributed by atoms with Gasteiger partial charge in [-0.2, -0.15) is 0 Å². The molecule has 0 aliphatic carbocycles. The Balaban J connectivity index is 3.33. The molecule has 0 spiro atoms. The summed E-state index contributed by atoms with van der Waals surface area (Å²) in [5.74, 6) is 0. The SMILES string of the molecule is C=CCCC(N)C=CCCN. The molecule has 11 heavy (non-hydrogen) atoms. The molecule has 0 aliphatic heterocycles. The second-order valence-corrected chi connectivity index (χ2v) is 2.54. The molecule has 0 fully saturated rings. The first kappa shape index (κ1) is 10.4. The Morgan fingerprint density at radius 3 is 2.64 bits per heavy atom. The van der Waals surface area contributed by atoms with Crippen LogP contribution in [0.25, 0.3) is 0 Å². The van der Waals surface area contributed by atoms with E-state index < -0.39 is 0 Å². The van der Waals surface area contributed by atoms with Crippen LogP contribution in [0.2, 0.25) is 0 Å². The molecule has 0 amide bonds. The fraction of sp³-hybridized carbons (Fsp3) is 0.556. The van der Waals surface area contributed by atoms with Gasteiger partial charge in [-0.3, -0.25) is 0 Å². The lowest BCUT2D eigenvalue weighted by Gasteiger charge is -2.02. The second-order valence-electron chi connectivity index (χ2n) is 2.54. The Hall–Kier alpha value is -0.600. The van der Waals surface area contributed by atoms with Crippen LogP contribution in [0.1, 0.15) is 19.3 Å². The van der Waals surface area contributed by atoms with Gasteiger partial charge in [-0.15, -0.1) is 6.58 Å². The first-order valence-electron chi connectivity index (χ1n) is 4.04. The van der Waals surface area contributed by atoms with E-state index in [1.54, 1.807) is 0 Å². The maximum Gasteiger partial charge on any atom is 0.0226 e. The molecule has 0 aromatic heterocycles. The molecule has 4 N–H and O–H groups in total. The second kappa shape index (κ2) is 7.51. The monoisotopic (exact) mass is 154 g/mol. The zero-order valence-electron chi connectivity index (χ0n) is 7.00. The Morgan fingerprint density at radius 2 is 2.09 bits per heavy atom. The van der Waals surface area contributed by atoms with E-state index in [-0.39, 0.29) is 6.04 Å². The summed E-state index contributed by atoms with van der Waals surface area (Å²) >= 11 is 0. The highest BCUT2D eigenvalue weighted by Gasteiger charge is 1.92. The van der Waals surface area contributed by atoms with Crippen LogP contribution in [0.3, 0.4) is 0 Å². The largest absolute Gasteiger partial charge is 0.330 e. The average molecular weight is 154 g/mol. The molecule has 0 heterocycles. The van der Waals surface area contributed by atoms with Gasteiger partial charge in [0.25, 0.3) is 0 Å². The van der Waals surface area contributed by atoms with Crippen LogP contribution in [-0.4, -0.2) is 12.6 Å². The lowest BCUT2D eigenvalue weighted by molar-refractivity contribution is 0.731. The Morgan fingerprint density at radius 1 is 1.36 bits per heavy atom. The van der Waals surface area contributed by atoms with Crippen LogP contribution in [-0.2, 0) is 0 Å². The van der Waals surface area contributed by atoms with E-state index in [4.69, 9.17) is 11.5 Å². The number of hydrogen-bond donors (Lipinski definition) is 2. The van der Waals surface area contributed by atoms with E-state index in [0.717, 1.165) is 19.3 Å². The molecule has 1 unspecified atom stereocenters. The molecule has 0 bridgehead atoms. The Kier molecular flexibility index (Phi) is 7.10. The lowest BCUT2D eigenvalue weighted by atomic mass is 10.1. The van der Waals surface area contributed by atoms with E-state index in [9.17, 15) is 0 Å². The van der Waals surface area contributed by atoms with Crippen molar-refractivity contribution in [3.05, 3.63) is 24.8 Å². The summed E-state index contributed by atoms with van der Waals surface area (Å²) in [5, 5.41) is 0. The molecule has 0 radical (unpaired) electrons. The summed E-state index contributed by atoms with van der Waals surface area (Å²) in [6.45, 7) is 4.33. The highest BCUT2D eigenvalue weighted by atomic mass is 14.6. The van der Waals surface area contributed by atoms with Crippen molar-refractivity contribution in [1.82, 2.24) is 0 Å². The van der Waals surface area contributed by atoms with Crippen LogP contribution < -0.4 is 11.5 Å². The predicted octanol–water partition coefficient (Wildman–Crippen LogP) is 1.18. The lowest BCUT2D eigenvalue weighted by Crippen LogP contribution is -2.16.